The third kappa shape index (κ3) is 9.86. The quantitative estimate of drug-likeness (QED) is 0.0574. The molecule has 4 aliphatic heterocycles. The van der Waals surface area contributed by atoms with Crippen molar-refractivity contribution >= 4 is 5.97 Å². The normalized spacial score (nSPS) is 56.2. The highest BCUT2D eigenvalue weighted by atomic mass is 16.7. The maximum absolute atomic E-state index is 13.7. The molecule has 0 spiro atoms. The van der Waals surface area contributed by atoms with Gasteiger partial charge in [-0.25, -0.2) is 0 Å². The molecule has 4 saturated heterocycles. The first kappa shape index (κ1) is 62.8. The van der Waals surface area contributed by atoms with Crippen LogP contribution in [0, 0.1) is 56.7 Å². The summed E-state index contributed by atoms with van der Waals surface area (Å²) in [6.45, 7) is 7.94. The molecule has 17 N–H and O–H groups in total. The number of ether oxygens (including phenoxy) is 8. The van der Waals surface area contributed by atoms with E-state index in [2.05, 4.69) is 33.8 Å². The van der Waals surface area contributed by atoms with E-state index in [1.165, 1.54) is 0 Å². The molecule has 8 fully saturated rings. The molecule has 9 rings (SSSR count). The molecule has 0 amide bonds. The van der Waals surface area contributed by atoms with Crippen LogP contribution in [-0.4, -0.2) is 267 Å². The highest BCUT2D eigenvalue weighted by Crippen LogP contribution is 2.76. The van der Waals surface area contributed by atoms with Crippen LogP contribution >= 0.6 is 0 Å². The van der Waals surface area contributed by atoms with E-state index in [9.17, 15) is 91.6 Å². The summed E-state index contributed by atoms with van der Waals surface area (Å²) in [5.74, 6) is -2.72. The van der Waals surface area contributed by atoms with Gasteiger partial charge in [0.15, 0.2) is 25.2 Å². The van der Waals surface area contributed by atoms with Crippen LogP contribution in [0.5, 0.6) is 0 Å². The second-order valence-electron chi connectivity index (χ2n) is 25.9. The van der Waals surface area contributed by atoms with Crippen LogP contribution in [0.1, 0.15) is 86.5 Å². The van der Waals surface area contributed by atoms with Crippen molar-refractivity contribution in [2.45, 2.75) is 228 Å². The van der Waals surface area contributed by atoms with Gasteiger partial charge in [0.2, 0.25) is 0 Å². The number of hydrogen-bond acceptors (Lipinski definition) is 25. The molecule has 80 heavy (non-hydrogen) atoms. The second-order valence-corrected chi connectivity index (χ2v) is 25.9. The third-order valence-electron chi connectivity index (χ3n) is 21.8. The summed E-state index contributed by atoms with van der Waals surface area (Å²) < 4.78 is 51.2. The molecular weight excluding hydrogens is 1060 g/mol. The molecule has 0 aromatic heterocycles. The van der Waals surface area contributed by atoms with E-state index in [1.54, 1.807) is 6.92 Å². The zero-order chi connectivity index (χ0) is 58.7. The van der Waals surface area contributed by atoms with Gasteiger partial charge < -0.3 is 125 Å². The molecule has 33 atom stereocenters. The van der Waals surface area contributed by atoms with Crippen LogP contribution in [0.4, 0.5) is 0 Å². The van der Waals surface area contributed by atoms with Crippen molar-refractivity contribution in [1.29, 1.82) is 0 Å². The minimum absolute atomic E-state index is 0.0619. The van der Waals surface area contributed by atoms with E-state index >= 15 is 0 Å². The van der Waals surface area contributed by atoms with E-state index in [1.807, 2.05) is 6.92 Å². The third-order valence-corrected chi connectivity index (χ3v) is 21.8. The Hall–Kier alpha value is -1.75. The first-order valence-electron chi connectivity index (χ1n) is 28.3. The van der Waals surface area contributed by atoms with E-state index in [4.69, 9.17) is 37.9 Å². The summed E-state index contributed by atoms with van der Waals surface area (Å²) in [5.41, 5.74) is -4.92. The van der Waals surface area contributed by atoms with Gasteiger partial charge in [-0.1, -0.05) is 53.2 Å². The first-order chi connectivity index (χ1) is 37.5. The Labute approximate surface area is 463 Å². The lowest BCUT2D eigenvalue weighted by Crippen LogP contribution is -2.74. The summed E-state index contributed by atoms with van der Waals surface area (Å²) in [7, 11) is 0. The van der Waals surface area contributed by atoms with E-state index in [0.717, 1.165) is 5.57 Å². The van der Waals surface area contributed by atoms with Crippen molar-refractivity contribution in [3.05, 3.63) is 11.6 Å². The number of carboxylic acid groups (broad SMARTS) is 1. The molecule has 460 valence electrons. The van der Waals surface area contributed by atoms with Crippen LogP contribution in [0.2, 0.25) is 0 Å². The van der Waals surface area contributed by atoms with Gasteiger partial charge >= 0.3 is 5.97 Å². The lowest BCUT2D eigenvalue weighted by atomic mass is 9.32. The standard InChI is InChI=1S/C54H88O26/c1-20-9-10-54(49(71)72)12-11-52(5)22(30(54)21(20)2)7-8-29-50(3)13-24(75-47-41(69)37(65)33(61)27(17-57)78-47)44(80-48-42(70)38(66)34(62)28(18-58)79-48)51(4,19-73-45-39(67)35(63)31(59)25(15-55)76-45)43(50)23(14-53(29,52)6)74-46-40(68)36(64)32(60)26(16-56)77-46/h7,20-21,23-48,55-70H,8-19H2,1-6H3,(H,71,72)/t20-,21+,23-,24-,25-,26-,27-,28-,29-,30+,31-,32-,33-,34-,35+,36+,37+,38+,39-,40-,41-,42-,43-,44+,45-,46-,47-,48+,50-,51+,52-,53-,54+/m1/s1. The Morgan fingerprint density at radius 1 is 0.562 bits per heavy atom. The fourth-order valence-electron chi connectivity index (χ4n) is 17.0. The van der Waals surface area contributed by atoms with E-state index in [0.29, 0.717) is 32.1 Å². The summed E-state index contributed by atoms with van der Waals surface area (Å²) in [6.07, 6.45) is -36.4. The van der Waals surface area contributed by atoms with Crippen molar-refractivity contribution < 1.29 is 130 Å². The van der Waals surface area contributed by atoms with Gasteiger partial charge in [-0.3, -0.25) is 4.79 Å². The van der Waals surface area contributed by atoms with Crippen molar-refractivity contribution in [1.82, 2.24) is 0 Å². The fraction of sp³-hybridized carbons (Fsp3) is 0.944. The van der Waals surface area contributed by atoms with Crippen LogP contribution in [0.15, 0.2) is 11.6 Å². The van der Waals surface area contributed by atoms with Crippen LogP contribution < -0.4 is 0 Å². The number of aliphatic hydroxyl groups excluding tert-OH is 16. The van der Waals surface area contributed by atoms with Gasteiger partial charge in [0.05, 0.1) is 56.8 Å². The molecule has 9 aliphatic rings. The van der Waals surface area contributed by atoms with Crippen molar-refractivity contribution in [3.8, 4) is 0 Å². The Morgan fingerprint density at radius 3 is 1.46 bits per heavy atom. The fourth-order valence-corrected chi connectivity index (χ4v) is 17.0. The Balaban J connectivity index is 1.26. The summed E-state index contributed by atoms with van der Waals surface area (Å²) in [6, 6.07) is 0. The largest absolute Gasteiger partial charge is 0.481 e. The number of fused-ring (bicyclic) bond motifs is 7. The van der Waals surface area contributed by atoms with Crippen molar-refractivity contribution in [3.63, 3.8) is 0 Å². The van der Waals surface area contributed by atoms with Crippen LogP contribution in [0.25, 0.3) is 0 Å². The molecule has 0 bridgehead atoms. The van der Waals surface area contributed by atoms with Gasteiger partial charge in [0.1, 0.15) is 97.7 Å². The molecular formula is C54H88O26. The molecule has 0 radical (unpaired) electrons. The Morgan fingerprint density at radius 2 is 1.00 bits per heavy atom. The molecule has 4 saturated carbocycles. The van der Waals surface area contributed by atoms with E-state index in [-0.39, 0.29) is 24.7 Å². The van der Waals surface area contributed by atoms with Gasteiger partial charge in [0, 0.05) is 11.3 Å². The smallest absolute Gasteiger partial charge is 0.310 e. The van der Waals surface area contributed by atoms with Gasteiger partial charge in [-0.05, 0) is 84.9 Å². The molecule has 4 heterocycles. The van der Waals surface area contributed by atoms with Gasteiger partial charge in [0.25, 0.3) is 0 Å². The molecule has 0 aromatic rings. The maximum Gasteiger partial charge on any atom is 0.310 e. The molecule has 0 unspecified atom stereocenters. The predicted molar refractivity (Wildman–Crippen MR) is 267 cm³/mol. The number of allylic oxidation sites excluding steroid dienone is 2. The number of rotatable bonds is 14. The number of aliphatic hydroxyl groups is 16. The summed E-state index contributed by atoms with van der Waals surface area (Å²) >= 11 is 0. The highest BCUT2D eigenvalue weighted by molar-refractivity contribution is 5.76. The number of aliphatic carboxylic acids is 1. The zero-order valence-corrected chi connectivity index (χ0v) is 46.0. The Kier molecular flexibility index (Phi) is 18.2. The molecule has 26 heteroatoms. The lowest BCUT2D eigenvalue weighted by molar-refractivity contribution is -0.390. The highest BCUT2D eigenvalue weighted by Gasteiger charge is 2.75. The summed E-state index contributed by atoms with van der Waals surface area (Å²) in [4.78, 5) is 13.7. The Bertz CT molecular complexity index is 2190. The topological polar surface area (TPSA) is 435 Å². The molecule has 0 aromatic carbocycles. The SMILES string of the molecule is C[C@H]1[C@H](C)CC[C@]2(C(=O)O)CC[C@]3(C)C(=CC[C@@H]4[C@@]5(C)C[C@@H](O[C@@H]6O[C@H](CO)[C@@H](O)[C@H](O)[C@H]6O)[C@H](O[C@@H]6O[C@H](CO)[C@@H](O)[C@H](O)[C@H]6O)[C@@](C)(CO[C@@H]6O[C@H](CO)[C@@H](O)[C@H](O)[C@H]6O)[C@@H]5[C@H](O[C@@H]5O[C@H](CO)[C@@H](O)[C@H](O)[C@H]5O)C[C@]43C)[C@H]12. The number of carbonyl (C=O) groups is 1. The average Bonchev–Trinajstić information content (AvgIpc) is 3.51. The summed E-state index contributed by atoms with van der Waals surface area (Å²) in [5, 5.41) is 187. The van der Waals surface area contributed by atoms with E-state index < -0.39 is 225 Å². The predicted octanol–water partition coefficient (Wildman–Crippen LogP) is -4.70. The second kappa shape index (κ2) is 23.2. The maximum atomic E-state index is 13.7. The van der Waals surface area contributed by atoms with Crippen molar-refractivity contribution in [2.24, 2.45) is 56.7 Å². The van der Waals surface area contributed by atoms with Crippen molar-refractivity contribution in [2.75, 3.05) is 33.0 Å². The number of carboxylic acids is 1. The number of hydrogen-bond donors (Lipinski definition) is 17. The first-order valence-corrected chi connectivity index (χ1v) is 28.3. The van der Waals surface area contributed by atoms with Gasteiger partial charge in [-0.2, -0.15) is 0 Å². The van der Waals surface area contributed by atoms with Crippen LogP contribution in [-0.2, 0) is 42.7 Å². The average molecular weight is 1150 g/mol. The monoisotopic (exact) mass is 1150 g/mol. The molecule has 26 nitrogen and oxygen atoms in total. The molecule has 5 aliphatic carbocycles. The van der Waals surface area contributed by atoms with Crippen LogP contribution in [0.3, 0.4) is 0 Å². The van der Waals surface area contributed by atoms with Gasteiger partial charge in [-0.15, -0.1) is 0 Å². The zero-order valence-electron chi connectivity index (χ0n) is 46.0. The lowest BCUT2D eigenvalue weighted by Gasteiger charge is -2.73. The minimum atomic E-state index is -2.06. The minimum Gasteiger partial charge on any atom is -0.481 e.